The van der Waals surface area contributed by atoms with Gasteiger partial charge in [0, 0.05) is 24.1 Å². The Balaban J connectivity index is 1.67. The van der Waals surface area contributed by atoms with Crippen LogP contribution < -0.4 is 10.6 Å². The van der Waals surface area contributed by atoms with Gasteiger partial charge < -0.3 is 10.6 Å². The zero-order valence-corrected chi connectivity index (χ0v) is 18.8. The van der Waals surface area contributed by atoms with Crippen LogP contribution in [0, 0.1) is 0 Å². The summed E-state index contributed by atoms with van der Waals surface area (Å²) in [5.74, 6) is 0. The minimum absolute atomic E-state index is 0.137. The number of rotatable bonds is 6. The number of halogens is 1. The Bertz CT molecular complexity index is 959. The standard InChI is InChI=1S/C21H26BrN3O3S/c1-16(18-10-4-5-11-19(18)22)24-21(26)23-15-17-9-3-6-12-20(17)29(27,28)25-13-7-2-8-14-25/h3-6,9-12,16H,2,7-8,13-15H2,1H3,(H2,23,24,26)/t16-/m0/s1. The van der Waals surface area contributed by atoms with Crippen LogP contribution in [0.25, 0.3) is 0 Å². The van der Waals surface area contributed by atoms with E-state index in [1.807, 2.05) is 31.2 Å². The molecule has 0 saturated carbocycles. The number of amides is 2. The van der Waals surface area contributed by atoms with Gasteiger partial charge in [0.2, 0.25) is 10.0 Å². The number of piperidine rings is 1. The number of sulfonamides is 1. The highest BCUT2D eigenvalue weighted by molar-refractivity contribution is 9.10. The molecule has 6 nitrogen and oxygen atoms in total. The van der Waals surface area contributed by atoms with Crippen LogP contribution in [-0.4, -0.2) is 31.8 Å². The predicted molar refractivity (Wildman–Crippen MR) is 117 cm³/mol. The van der Waals surface area contributed by atoms with Crippen molar-refractivity contribution >= 4 is 32.0 Å². The molecular formula is C21H26BrN3O3S. The Kier molecular flexibility index (Phi) is 7.32. The summed E-state index contributed by atoms with van der Waals surface area (Å²) in [7, 11) is -3.56. The van der Waals surface area contributed by atoms with E-state index in [2.05, 4.69) is 26.6 Å². The van der Waals surface area contributed by atoms with E-state index in [1.165, 1.54) is 0 Å². The maximum Gasteiger partial charge on any atom is 0.315 e. The van der Waals surface area contributed by atoms with Crippen LogP contribution in [0.4, 0.5) is 4.79 Å². The van der Waals surface area contributed by atoms with Gasteiger partial charge in [-0.25, -0.2) is 13.2 Å². The van der Waals surface area contributed by atoms with E-state index in [9.17, 15) is 13.2 Å². The lowest BCUT2D eigenvalue weighted by atomic mass is 10.1. The highest BCUT2D eigenvalue weighted by Gasteiger charge is 2.28. The molecule has 1 aliphatic heterocycles. The first-order valence-corrected chi connectivity index (χ1v) is 12.0. The number of benzene rings is 2. The summed E-state index contributed by atoms with van der Waals surface area (Å²) < 4.78 is 28.6. The third kappa shape index (κ3) is 5.38. The Hall–Kier alpha value is -1.90. The van der Waals surface area contributed by atoms with E-state index in [4.69, 9.17) is 0 Å². The van der Waals surface area contributed by atoms with Crippen molar-refractivity contribution in [3.05, 3.63) is 64.1 Å². The van der Waals surface area contributed by atoms with E-state index in [1.54, 1.807) is 28.6 Å². The molecule has 1 heterocycles. The van der Waals surface area contributed by atoms with Crippen molar-refractivity contribution in [2.75, 3.05) is 13.1 Å². The summed E-state index contributed by atoms with van der Waals surface area (Å²) >= 11 is 3.49. The smallest absolute Gasteiger partial charge is 0.315 e. The molecule has 1 fully saturated rings. The zero-order valence-electron chi connectivity index (χ0n) is 16.4. The molecule has 0 bridgehead atoms. The van der Waals surface area contributed by atoms with Crippen molar-refractivity contribution in [2.24, 2.45) is 0 Å². The second kappa shape index (κ2) is 9.73. The van der Waals surface area contributed by atoms with Crippen LogP contribution in [0.15, 0.2) is 57.9 Å². The molecule has 156 valence electrons. The normalized spacial score (nSPS) is 16.2. The average Bonchev–Trinajstić information content (AvgIpc) is 2.73. The second-order valence-electron chi connectivity index (χ2n) is 7.14. The quantitative estimate of drug-likeness (QED) is 0.651. The van der Waals surface area contributed by atoms with E-state index in [0.717, 1.165) is 29.3 Å². The van der Waals surface area contributed by atoms with Gasteiger partial charge in [-0.05, 0) is 43.0 Å². The van der Waals surface area contributed by atoms with Crippen molar-refractivity contribution in [1.29, 1.82) is 0 Å². The minimum Gasteiger partial charge on any atom is -0.334 e. The molecule has 1 aliphatic rings. The molecule has 0 spiro atoms. The third-order valence-corrected chi connectivity index (χ3v) is 7.79. The van der Waals surface area contributed by atoms with Crippen LogP contribution in [0.1, 0.15) is 43.4 Å². The first-order valence-electron chi connectivity index (χ1n) is 9.76. The van der Waals surface area contributed by atoms with E-state index in [0.29, 0.717) is 18.7 Å². The van der Waals surface area contributed by atoms with Crippen molar-refractivity contribution in [2.45, 2.75) is 43.7 Å². The summed E-state index contributed by atoms with van der Waals surface area (Å²) in [6.07, 6.45) is 2.83. The highest BCUT2D eigenvalue weighted by Crippen LogP contribution is 2.24. The molecule has 0 aliphatic carbocycles. The van der Waals surface area contributed by atoms with Gasteiger partial charge in [0.1, 0.15) is 0 Å². The molecule has 0 unspecified atom stereocenters. The lowest BCUT2D eigenvalue weighted by molar-refractivity contribution is 0.237. The molecule has 3 rings (SSSR count). The Morgan fingerprint density at radius 1 is 1.07 bits per heavy atom. The van der Waals surface area contributed by atoms with Crippen molar-refractivity contribution in [3.8, 4) is 0 Å². The van der Waals surface area contributed by atoms with Crippen LogP contribution >= 0.6 is 15.9 Å². The van der Waals surface area contributed by atoms with Gasteiger partial charge >= 0.3 is 6.03 Å². The first-order chi connectivity index (χ1) is 13.9. The van der Waals surface area contributed by atoms with Gasteiger partial charge in [-0.15, -0.1) is 0 Å². The number of nitrogens with one attached hydrogen (secondary N) is 2. The number of carbonyl (C=O) groups is 1. The zero-order chi connectivity index (χ0) is 20.9. The Morgan fingerprint density at radius 2 is 1.72 bits per heavy atom. The summed E-state index contributed by atoms with van der Waals surface area (Å²) in [6.45, 7) is 3.13. The first kappa shape index (κ1) is 21.8. The number of hydrogen-bond donors (Lipinski definition) is 2. The molecule has 2 aromatic carbocycles. The topological polar surface area (TPSA) is 78.5 Å². The molecule has 8 heteroatoms. The summed E-state index contributed by atoms with van der Waals surface area (Å²) in [5.41, 5.74) is 1.55. The van der Waals surface area contributed by atoms with Gasteiger partial charge in [0.15, 0.2) is 0 Å². The Labute approximate surface area is 180 Å². The van der Waals surface area contributed by atoms with Gasteiger partial charge in [-0.1, -0.05) is 58.7 Å². The summed E-state index contributed by atoms with van der Waals surface area (Å²) in [4.78, 5) is 12.6. The van der Waals surface area contributed by atoms with Crippen molar-refractivity contribution < 1.29 is 13.2 Å². The van der Waals surface area contributed by atoms with Crippen LogP contribution in [-0.2, 0) is 16.6 Å². The van der Waals surface area contributed by atoms with Crippen molar-refractivity contribution in [1.82, 2.24) is 14.9 Å². The van der Waals surface area contributed by atoms with Gasteiger partial charge in [0.25, 0.3) is 0 Å². The second-order valence-corrected chi connectivity index (χ2v) is 9.90. The molecule has 29 heavy (non-hydrogen) atoms. The summed E-state index contributed by atoms with van der Waals surface area (Å²) in [6, 6.07) is 14.0. The van der Waals surface area contributed by atoms with Crippen LogP contribution in [0.5, 0.6) is 0 Å². The fourth-order valence-electron chi connectivity index (χ4n) is 3.47. The van der Waals surface area contributed by atoms with Gasteiger partial charge in [-0.3, -0.25) is 0 Å². The fourth-order valence-corrected chi connectivity index (χ4v) is 5.84. The van der Waals surface area contributed by atoms with Crippen LogP contribution in [0.3, 0.4) is 0 Å². The van der Waals surface area contributed by atoms with E-state index in [-0.39, 0.29) is 23.5 Å². The monoisotopic (exact) mass is 479 g/mol. The molecule has 2 aromatic rings. The maximum atomic E-state index is 13.0. The SMILES string of the molecule is C[C@H](NC(=O)NCc1ccccc1S(=O)(=O)N1CCCCC1)c1ccccc1Br. The molecule has 2 amide bonds. The number of carbonyl (C=O) groups excluding carboxylic acids is 1. The average molecular weight is 480 g/mol. The molecule has 0 aromatic heterocycles. The maximum absolute atomic E-state index is 13.0. The predicted octanol–water partition coefficient (Wildman–Crippen LogP) is 4.18. The largest absolute Gasteiger partial charge is 0.334 e. The number of urea groups is 1. The molecular weight excluding hydrogens is 454 g/mol. The summed E-state index contributed by atoms with van der Waals surface area (Å²) in [5, 5.41) is 5.68. The molecule has 0 radical (unpaired) electrons. The number of hydrogen-bond acceptors (Lipinski definition) is 3. The molecule has 1 atom stereocenters. The lowest BCUT2D eigenvalue weighted by Crippen LogP contribution is -2.38. The minimum atomic E-state index is -3.56. The Morgan fingerprint density at radius 3 is 2.45 bits per heavy atom. The van der Waals surface area contributed by atoms with E-state index >= 15 is 0 Å². The highest BCUT2D eigenvalue weighted by atomic mass is 79.9. The molecule has 1 saturated heterocycles. The lowest BCUT2D eigenvalue weighted by Gasteiger charge is -2.27. The number of nitrogens with zero attached hydrogens (tertiary/aromatic N) is 1. The fraction of sp³-hybridized carbons (Fsp3) is 0.381. The van der Waals surface area contributed by atoms with Crippen molar-refractivity contribution in [3.63, 3.8) is 0 Å². The third-order valence-electron chi connectivity index (χ3n) is 5.06. The van der Waals surface area contributed by atoms with Gasteiger partial charge in [-0.2, -0.15) is 4.31 Å². The molecule has 2 N–H and O–H groups in total. The van der Waals surface area contributed by atoms with Gasteiger partial charge in [0.05, 0.1) is 10.9 Å². The van der Waals surface area contributed by atoms with E-state index < -0.39 is 10.0 Å². The van der Waals surface area contributed by atoms with Crippen LogP contribution in [0.2, 0.25) is 0 Å².